The standard InChI is InChI=1S/C33H35Cl2N9O3S/c1-40(2)24-9-6-21(7-10-24)17-27-31(45)41(19-23-4-3-5-28-30(23)39-32(37)48-28)20-29-42(14-15-44(27,29)47)43(13-12-36)33(46)38-18-22-8-11-25(34)26(35)16-22/h3-11,16,27,29H,13-15,17-20H2,1-2H3,(H2,37,39)(H,38,46)/t27?,29-,44?/m1/s1. The normalized spacial score (nSPS) is 20.8. The van der Waals surface area contributed by atoms with Gasteiger partial charge in [0, 0.05) is 39.3 Å². The van der Waals surface area contributed by atoms with E-state index in [-0.39, 0.29) is 51.6 Å². The Hall–Kier alpha value is -4.16. The van der Waals surface area contributed by atoms with Crippen LogP contribution in [0.5, 0.6) is 0 Å². The number of hydrogen-bond donors (Lipinski definition) is 2. The van der Waals surface area contributed by atoms with Crippen molar-refractivity contribution in [3.05, 3.63) is 92.6 Å². The SMILES string of the molecule is CN(C)c1ccc(CC2C(=O)N(Cc3cccc4sc(N)nc34)C[C@@H]3N(N(CC#N)C(=O)NCc4ccc(Cl)c(Cl)c4)CC[N+]23[O-])cc1. The number of para-hydroxylation sites is 1. The summed E-state index contributed by atoms with van der Waals surface area (Å²) < 4.78 is 0.0722. The van der Waals surface area contributed by atoms with Crippen molar-refractivity contribution < 1.29 is 14.2 Å². The maximum Gasteiger partial charge on any atom is 0.333 e. The Morgan fingerprint density at radius 1 is 1.17 bits per heavy atom. The topological polar surface area (TPSA) is 145 Å². The molecule has 3 aromatic carbocycles. The molecule has 15 heteroatoms. The summed E-state index contributed by atoms with van der Waals surface area (Å²) in [7, 11) is 3.89. The van der Waals surface area contributed by atoms with Crippen molar-refractivity contribution in [2.45, 2.75) is 31.7 Å². The average Bonchev–Trinajstić information content (AvgIpc) is 3.62. The van der Waals surface area contributed by atoms with Crippen LogP contribution < -0.4 is 16.0 Å². The molecule has 0 aliphatic carbocycles. The number of aromatic nitrogens is 1. The summed E-state index contributed by atoms with van der Waals surface area (Å²) in [6.07, 6.45) is -0.621. The van der Waals surface area contributed by atoms with Gasteiger partial charge < -0.3 is 30.7 Å². The predicted octanol–water partition coefficient (Wildman–Crippen LogP) is 4.81. The lowest BCUT2D eigenvalue weighted by molar-refractivity contribution is -0.918. The molecule has 0 saturated carbocycles. The smallest absolute Gasteiger partial charge is 0.333 e. The number of piperazine rings is 1. The number of hydrazine groups is 1. The minimum Gasteiger partial charge on any atom is -0.631 e. The summed E-state index contributed by atoms with van der Waals surface area (Å²) in [6, 6.07) is 19.1. The monoisotopic (exact) mass is 707 g/mol. The summed E-state index contributed by atoms with van der Waals surface area (Å²) in [5.41, 5.74) is 10.1. The van der Waals surface area contributed by atoms with E-state index < -0.39 is 22.9 Å². The fraction of sp³-hybridized carbons (Fsp3) is 0.333. The van der Waals surface area contributed by atoms with Crippen LogP contribution in [0.25, 0.3) is 10.2 Å². The number of hydrogen-bond acceptors (Lipinski definition) is 9. The molecule has 4 aromatic rings. The highest BCUT2D eigenvalue weighted by Crippen LogP contribution is 2.37. The first-order valence-corrected chi connectivity index (χ1v) is 17.0. The van der Waals surface area contributed by atoms with Crippen molar-refractivity contribution in [1.82, 2.24) is 25.2 Å². The Balaban J connectivity index is 1.31. The quantitative estimate of drug-likeness (QED) is 0.143. The third-order valence-corrected chi connectivity index (χ3v) is 10.6. The molecular formula is C33H35Cl2N9O3S. The van der Waals surface area contributed by atoms with Crippen LogP contribution in [0.2, 0.25) is 10.0 Å². The molecule has 2 saturated heterocycles. The number of nitriles is 1. The number of urea groups is 1. The van der Waals surface area contributed by atoms with Gasteiger partial charge in [-0.1, -0.05) is 64.9 Å². The highest BCUT2D eigenvalue weighted by atomic mass is 35.5. The minimum atomic E-state index is -0.970. The number of benzene rings is 3. The molecule has 250 valence electrons. The van der Waals surface area contributed by atoms with Gasteiger partial charge in [-0.3, -0.25) is 4.79 Å². The van der Waals surface area contributed by atoms with Crippen LogP contribution in [0.15, 0.2) is 60.7 Å². The Kier molecular flexibility index (Phi) is 9.67. The third-order valence-electron chi connectivity index (χ3n) is 8.99. The molecule has 48 heavy (non-hydrogen) atoms. The Morgan fingerprint density at radius 3 is 2.62 bits per heavy atom. The van der Waals surface area contributed by atoms with Crippen molar-refractivity contribution >= 4 is 67.5 Å². The second-order valence-electron chi connectivity index (χ2n) is 12.2. The summed E-state index contributed by atoms with van der Waals surface area (Å²) in [5.74, 6) is -0.268. The molecule has 2 fully saturated rings. The zero-order chi connectivity index (χ0) is 34.2. The molecule has 3 heterocycles. The fourth-order valence-corrected chi connectivity index (χ4v) is 7.61. The molecule has 3 atom stereocenters. The molecular weight excluding hydrogens is 673 g/mol. The van der Waals surface area contributed by atoms with Gasteiger partial charge in [-0.25, -0.2) is 14.8 Å². The van der Waals surface area contributed by atoms with Crippen LogP contribution >= 0.6 is 34.5 Å². The number of carbonyl (C=O) groups excluding carboxylic acids is 2. The maximum atomic E-state index is 15.0. The first-order valence-electron chi connectivity index (χ1n) is 15.4. The minimum absolute atomic E-state index is 0.0520. The first-order chi connectivity index (χ1) is 23.0. The van der Waals surface area contributed by atoms with Crippen molar-refractivity contribution in [1.29, 1.82) is 5.26 Å². The fourth-order valence-electron chi connectivity index (χ4n) is 6.50. The van der Waals surface area contributed by atoms with Crippen LogP contribution in [-0.2, 0) is 24.3 Å². The van der Waals surface area contributed by atoms with E-state index in [1.165, 1.54) is 16.3 Å². The van der Waals surface area contributed by atoms with Gasteiger partial charge in [-0.15, -0.1) is 0 Å². The highest BCUT2D eigenvalue weighted by molar-refractivity contribution is 7.22. The number of nitrogens with one attached hydrogen (secondary N) is 1. The Labute approximate surface area is 292 Å². The lowest BCUT2D eigenvalue weighted by Crippen LogP contribution is -2.72. The number of quaternary nitrogens is 1. The number of carbonyl (C=O) groups is 2. The molecule has 2 aliphatic heterocycles. The van der Waals surface area contributed by atoms with Gasteiger partial charge in [0.2, 0.25) is 0 Å². The molecule has 0 bridgehead atoms. The average molecular weight is 709 g/mol. The Morgan fingerprint density at radius 2 is 1.92 bits per heavy atom. The van der Waals surface area contributed by atoms with Gasteiger partial charge in [0.25, 0.3) is 5.91 Å². The van der Waals surface area contributed by atoms with Crippen molar-refractivity contribution in [3.63, 3.8) is 0 Å². The number of thiazole rings is 1. The molecule has 2 aliphatic rings. The zero-order valence-electron chi connectivity index (χ0n) is 26.5. The van der Waals surface area contributed by atoms with Crippen LogP contribution in [0.3, 0.4) is 0 Å². The lowest BCUT2D eigenvalue weighted by atomic mass is 9.99. The summed E-state index contributed by atoms with van der Waals surface area (Å²) in [4.78, 5) is 36.1. The van der Waals surface area contributed by atoms with Crippen LogP contribution in [-0.4, -0.2) is 89.0 Å². The number of fused-ring (bicyclic) bond motifs is 2. The number of hydroxylamine groups is 3. The zero-order valence-corrected chi connectivity index (χ0v) is 28.8. The highest BCUT2D eigenvalue weighted by Gasteiger charge is 2.56. The number of rotatable bonds is 9. The van der Waals surface area contributed by atoms with E-state index in [4.69, 9.17) is 28.9 Å². The number of halogens is 2. The van der Waals surface area contributed by atoms with Crippen LogP contribution in [0.4, 0.5) is 15.6 Å². The second kappa shape index (κ2) is 13.8. The molecule has 1 aromatic heterocycles. The van der Waals surface area contributed by atoms with E-state index in [9.17, 15) is 20.1 Å². The molecule has 3 amide bonds. The number of anilines is 2. The van der Waals surface area contributed by atoms with Gasteiger partial charge in [0.1, 0.15) is 6.54 Å². The number of nitrogen functional groups attached to an aromatic ring is 1. The van der Waals surface area contributed by atoms with E-state index in [1.807, 2.05) is 61.5 Å². The molecule has 0 spiro atoms. The van der Waals surface area contributed by atoms with Gasteiger partial charge in [-0.2, -0.15) is 10.3 Å². The van der Waals surface area contributed by atoms with E-state index in [0.717, 1.165) is 27.1 Å². The Bertz CT molecular complexity index is 1880. The molecule has 12 nitrogen and oxygen atoms in total. The second-order valence-corrected chi connectivity index (χ2v) is 14.0. The molecule has 2 unspecified atom stereocenters. The van der Waals surface area contributed by atoms with E-state index >= 15 is 0 Å². The molecule has 3 N–H and O–H groups in total. The predicted molar refractivity (Wildman–Crippen MR) is 188 cm³/mol. The lowest BCUT2D eigenvalue weighted by Gasteiger charge is -2.55. The molecule has 0 radical (unpaired) electrons. The van der Waals surface area contributed by atoms with E-state index in [1.54, 1.807) is 28.1 Å². The summed E-state index contributed by atoms with van der Waals surface area (Å²) >= 11 is 13.6. The summed E-state index contributed by atoms with van der Waals surface area (Å²) in [6.45, 7) is 0.366. The van der Waals surface area contributed by atoms with E-state index in [2.05, 4.69) is 16.4 Å². The largest absolute Gasteiger partial charge is 0.631 e. The van der Waals surface area contributed by atoms with Gasteiger partial charge in [-0.05, 0) is 47.0 Å². The van der Waals surface area contributed by atoms with Crippen molar-refractivity contribution in [2.24, 2.45) is 0 Å². The number of nitrogens with two attached hydrogens (primary N) is 1. The van der Waals surface area contributed by atoms with Crippen molar-refractivity contribution in [2.75, 3.05) is 50.9 Å². The van der Waals surface area contributed by atoms with Crippen molar-refractivity contribution in [3.8, 4) is 6.07 Å². The van der Waals surface area contributed by atoms with Gasteiger partial charge >= 0.3 is 6.03 Å². The van der Waals surface area contributed by atoms with E-state index in [0.29, 0.717) is 20.7 Å². The molecule has 6 rings (SSSR count). The summed E-state index contributed by atoms with van der Waals surface area (Å²) in [5, 5.41) is 31.7. The van der Waals surface area contributed by atoms with Crippen LogP contribution in [0, 0.1) is 16.5 Å². The third kappa shape index (κ3) is 6.60. The van der Waals surface area contributed by atoms with Gasteiger partial charge in [0.05, 0.1) is 46.0 Å². The van der Waals surface area contributed by atoms with Gasteiger partial charge in [0.15, 0.2) is 17.3 Å². The number of amides is 3. The number of nitrogens with zero attached hydrogens (tertiary/aromatic N) is 7. The van der Waals surface area contributed by atoms with Crippen LogP contribution in [0.1, 0.15) is 16.7 Å². The first kappa shape index (κ1) is 33.7. The maximum absolute atomic E-state index is 15.0.